The van der Waals surface area contributed by atoms with Gasteiger partial charge in [0, 0.05) is 12.2 Å². The van der Waals surface area contributed by atoms with Gasteiger partial charge in [0.05, 0.1) is 20.5 Å². The Balaban J connectivity index is 3.13. The average Bonchev–Trinajstić information content (AvgIpc) is 2.82. The van der Waals surface area contributed by atoms with Crippen LogP contribution in [0, 0.1) is 0 Å². The molecule has 0 aliphatic carbocycles. The summed E-state index contributed by atoms with van der Waals surface area (Å²) in [7, 11) is -1.47. The topological polar surface area (TPSA) is 114 Å². The number of hydrogen-bond acceptors (Lipinski definition) is 9. The third kappa shape index (κ3) is 7.34. The minimum atomic E-state index is -3.87. The van der Waals surface area contributed by atoms with Crippen LogP contribution in [0.3, 0.4) is 0 Å². The molecule has 0 unspecified atom stereocenters. The van der Waals surface area contributed by atoms with Gasteiger partial charge in [-0.05, 0) is 26.0 Å². The maximum absolute atomic E-state index is 11.5. The minimum absolute atomic E-state index is 0.613. The summed E-state index contributed by atoms with van der Waals surface area (Å²) in [6, 6.07) is 0. The highest BCUT2D eigenvalue weighted by atomic mass is 32.2. The fourth-order valence-electron chi connectivity index (χ4n) is 2.10. The first-order valence-corrected chi connectivity index (χ1v) is 9.05. The summed E-state index contributed by atoms with van der Waals surface area (Å²) in [5.74, 6) is -2.37. The first-order chi connectivity index (χ1) is 11.5. The number of esters is 2. The van der Waals surface area contributed by atoms with E-state index >= 15 is 0 Å². The van der Waals surface area contributed by atoms with Crippen LogP contribution < -0.4 is 0 Å². The van der Waals surface area contributed by atoms with Crippen LogP contribution >= 0.6 is 0 Å². The van der Waals surface area contributed by atoms with Crippen LogP contribution in [-0.4, -0.2) is 64.9 Å². The summed E-state index contributed by atoms with van der Waals surface area (Å²) in [5, 5.41) is 0. The fraction of sp³-hybridized carbons (Fsp3) is 0.600. The Morgan fingerprint density at radius 2 is 1.64 bits per heavy atom. The standard InChI is InChI=1S/C15H22O9S/c1-15(2)22-10(6-8-12(16)20-3)14(23-15)11(24-25(5,18)19)7-9-13(17)21-4/h6-11,14H,1-5H3/b8-6+,9-7+/t10-,11-,14-/m0/s1. The third-order valence-corrected chi connectivity index (χ3v) is 3.59. The SMILES string of the molecule is COC(=O)/C=C/[C@@H]1OC(C)(C)O[C@@H]1[C@H](/C=C/C(=O)OC)OS(C)(=O)=O. The van der Waals surface area contributed by atoms with Gasteiger partial charge in [0.15, 0.2) is 5.79 Å². The normalized spacial score (nSPS) is 24.5. The lowest BCUT2D eigenvalue weighted by molar-refractivity contribution is -0.149. The summed E-state index contributed by atoms with van der Waals surface area (Å²) in [4.78, 5) is 22.6. The first kappa shape index (κ1) is 21.3. The Morgan fingerprint density at radius 3 is 2.16 bits per heavy atom. The minimum Gasteiger partial charge on any atom is -0.466 e. The Morgan fingerprint density at radius 1 is 1.08 bits per heavy atom. The second kappa shape index (κ2) is 8.56. The number of methoxy groups -OCH3 is 2. The van der Waals surface area contributed by atoms with E-state index < -0.39 is 46.2 Å². The van der Waals surface area contributed by atoms with E-state index in [0.717, 1.165) is 18.4 Å². The largest absolute Gasteiger partial charge is 0.466 e. The van der Waals surface area contributed by atoms with Crippen molar-refractivity contribution < 1.29 is 41.1 Å². The van der Waals surface area contributed by atoms with Crippen molar-refractivity contribution in [2.45, 2.75) is 37.9 Å². The Kier molecular flexibility index (Phi) is 7.29. The van der Waals surface area contributed by atoms with Gasteiger partial charge in [-0.1, -0.05) is 0 Å². The molecule has 0 bridgehead atoms. The van der Waals surface area contributed by atoms with Crippen molar-refractivity contribution >= 4 is 22.1 Å². The predicted molar refractivity (Wildman–Crippen MR) is 85.9 cm³/mol. The van der Waals surface area contributed by atoms with E-state index in [-0.39, 0.29) is 0 Å². The Labute approximate surface area is 146 Å². The molecule has 1 aliphatic heterocycles. The number of rotatable bonds is 7. The van der Waals surface area contributed by atoms with E-state index in [1.54, 1.807) is 13.8 Å². The van der Waals surface area contributed by atoms with Gasteiger partial charge >= 0.3 is 11.9 Å². The predicted octanol–water partition coefficient (Wildman–Crippen LogP) is 0.310. The van der Waals surface area contributed by atoms with Gasteiger partial charge in [-0.15, -0.1) is 0 Å². The second-order valence-electron chi connectivity index (χ2n) is 5.59. The van der Waals surface area contributed by atoms with Gasteiger partial charge in [0.1, 0.15) is 18.3 Å². The van der Waals surface area contributed by atoms with Crippen LogP contribution in [-0.2, 0) is 42.8 Å². The zero-order valence-electron chi connectivity index (χ0n) is 14.6. The summed E-state index contributed by atoms with van der Waals surface area (Å²) in [6.07, 6.45) is 2.65. The van der Waals surface area contributed by atoms with Gasteiger partial charge in [0.25, 0.3) is 10.1 Å². The highest BCUT2D eigenvalue weighted by Gasteiger charge is 2.45. The molecule has 0 radical (unpaired) electrons. The van der Waals surface area contributed by atoms with Gasteiger partial charge in [-0.3, -0.25) is 4.18 Å². The molecule has 1 saturated heterocycles. The molecule has 0 aromatic rings. The summed E-state index contributed by atoms with van der Waals surface area (Å²) in [5.41, 5.74) is 0. The molecule has 25 heavy (non-hydrogen) atoms. The number of ether oxygens (including phenoxy) is 4. The zero-order valence-corrected chi connectivity index (χ0v) is 15.4. The Hall–Kier alpha value is -1.75. The monoisotopic (exact) mass is 378 g/mol. The van der Waals surface area contributed by atoms with Crippen molar-refractivity contribution in [3.05, 3.63) is 24.3 Å². The molecular formula is C15H22O9S. The van der Waals surface area contributed by atoms with Crippen LogP contribution in [0.5, 0.6) is 0 Å². The van der Waals surface area contributed by atoms with E-state index in [1.807, 2.05) is 0 Å². The maximum atomic E-state index is 11.5. The Bertz CT molecular complexity index is 648. The molecule has 3 atom stereocenters. The van der Waals surface area contributed by atoms with Crippen LogP contribution in [0.4, 0.5) is 0 Å². The molecule has 9 nitrogen and oxygen atoms in total. The first-order valence-electron chi connectivity index (χ1n) is 7.23. The molecule has 0 spiro atoms. The molecule has 0 aromatic heterocycles. The summed E-state index contributed by atoms with van der Waals surface area (Å²) in [6.45, 7) is 3.24. The summed E-state index contributed by atoms with van der Waals surface area (Å²) >= 11 is 0. The van der Waals surface area contributed by atoms with Crippen molar-refractivity contribution in [3.8, 4) is 0 Å². The van der Waals surface area contributed by atoms with Crippen LogP contribution in [0.25, 0.3) is 0 Å². The van der Waals surface area contributed by atoms with E-state index in [0.29, 0.717) is 0 Å². The molecule has 0 amide bonds. The molecular weight excluding hydrogens is 356 g/mol. The van der Waals surface area contributed by atoms with Crippen molar-refractivity contribution in [3.63, 3.8) is 0 Å². The maximum Gasteiger partial charge on any atom is 0.330 e. The second-order valence-corrected chi connectivity index (χ2v) is 7.19. The fourth-order valence-corrected chi connectivity index (χ4v) is 2.68. The molecule has 0 aromatic carbocycles. The molecule has 0 saturated carbocycles. The van der Waals surface area contributed by atoms with E-state index in [9.17, 15) is 18.0 Å². The van der Waals surface area contributed by atoms with E-state index in [1.165, 1.54) is 26.4 Å². The smallest absolute Gasteiger partial charge is 0.330 e. The third-order valence-electron chi connectivity index (χ3n) is 3.02. The van der Waals surface area contributed by atoms with Crippen LogP contribution in [0.15, 0.2) is 24.3 Å². The molecule has 1 fully saturated rings. The molecule has 10 heteroatoms. The lowest BCUT2D eigenvalue weighted by Gasteiger charge is -2.22. The van der Waals surface area contributed by atoms with Crippen molar-refractivity contribution in [2.24, 2.45) is 0 Å². The molecule has 1 heterocycles. The van der Waals surface area contributed by atoms with Gasteiger partial charge in [-0.25, -0.2) is 9.59 Å². The lowest BCUT2D eigenvalue weighted by Crippen LogP contribution is -2.37. The molecule has 142 valence electrons. The van der Waals surface area contributed by atoms with Crippen LogP contribution in [0.1, 0.15) is 13.8 Å². The highest BCUT2D eigenvalue weighted by molar-refractivity contribution is 7.86. The molecule has 1 rings (SSSR count). The molecule has 0 N–H and O–H groups in total. The highest BCUT2D eigenvalue weighted by Crippen LogP contribution is 2.32. The number of carbonyl (C=O) groups excluding carboxylic acids is 2. The van der Waals surface area contributed by atoms with E-state index in [2.05, 4.69) is 9.47 Å². The molecule has 1 aliphatic rings. The lowest BCUT2D eigenvalue weighted by atomic mass is 10.1. The van der Waals surface area contributed by atoms with Crippen LogP contribution in [0.2, 0.25) is 0 Å². The van der Waals surface area contributed by atoms with Gasteiger partial charge in [-0.2, -0.15) is 8.42 Å². The summed E-state index contributed by atoms with van der Waals surface area (Å²) < 4.78 is 48.4. The quantitative estimate of drug-likeness (QED) is 0.351. The number of hydrogen-bond donors (Lipinski definition) is 0. The van der Waals surface area contributed by atoms with Gasteiger partial charge in [0.2, 0.25) is 0 Å². The number of carbonyl (C=O) groups is 2. The van der Waals surface area contributed by atoms with Crippen molar-refractivity contribution in [1.29, 1.82) is 0 Å². The van der Waals surface area contributed by atoms with Crippen molar-refractivity contribution in [2.75, 3.05) is 20.5 Å². The zero-order chi connectivity index (χ0) is 19.3. The van der Waals surface area contributed by atoms with Gasteiger partial charge < -0.3 is 18.9 Å². The van der Waals surface area contributed by atoms with Crippen molar-refractivity contribution in [1.82, 2.24) is 0 Å². The van der Waals surface area contributed by atoms with E-state index in [4.69, 9.17) is 13.7 Å². The average molecular weight is 378 g/mol.